The van der Waals surface area contributed by atoms with Gasteiger partial charge in [0.25, 0.3) is 5.91 Å². The van der Waals surface area contributed by atoms with Crippen molar-refractivity contribution in [2.45, 2.75) is 30.5 Å². The third-order valence-corrected chi connectivity index (χ3v) is 6.06. The number of ether oxygens (including phenoxy) is 1. The second-order valence-corrected chi connectivity index (χ2v) is 8.37. The Balaban J connectivity index is 1.58. The van der Waals surface area contributed by atoms with Gasteiger partial charge in [0, 0.05) is 21.6 Å². The predicted molar refractivity (Wildman–Crippen MR) is 112 cm³/mol. The van der Waals surface area contributed by atoms with E-state index in [1.54, 1.807) is 47.4 Å². The number of thioether (sulfide) groups is 1. The molecule has 1 N–H and O–H groups in total. The van der Waals surface area contributed by atoms with E-state index < -0.39 is 5.82 Å². The monoisotopic (exact) mass is 416 g/mol. The average molecular weight is 417 g/mol. The molecule has 1 heterocycles. The standard InChI is InChI=1S/C21H21FN2O2S2/c1-13(16-6-9-20(26-3)19(22)10-16)23-21(25)15-4-7-18(8-5-15)28-12-17-11-27-14(2)24-17/h4-11,13H,12H2,1-3H3,(H,23,25). The molecule has 1 atom stereocenters. The van der Waals surface area contributed by atoms with E-state index in [0.29, 0.717) is 11.1 Å². The van der Waals surface area contributed by atoms with E-state index in [-0.39, 0.29) is 17.7 Å². The molecule has 3 rings (SSSR count). The first kappa shape index (κ1) is 20.4. The Kier molecular flexibility index (Phi) is 6.70. The van der Waals surface area contributed by atoms with Crippen LogP contribution in [0.2, 0.25) is 0 Å². The van der Waals surface area contributed by atoms with Crippen LogP contribution in [0.3, 0.4) is 0 Å². The van der Waals surface area contributed by atoms with Gasteiger partial charge in [-0.2, -0.15) is 0 Å². The first-order valence-corrected chi connectivity index (χ1v) is 10.6. The maximum Gasteiger partial charge on any atom is 0.251 e. The highest BCUT2D eigenvalue weighted by atomic mass is 32.2. The normalized spacial score (nSPS) is 11.9. The summed E-state index contributed by atoms with van der Waals surface area (Å²) >= 11 is 3.33. The molecular weight excluding hydrogens is 395 g/mol. The van der Waals surface area contributed by atoms with E-state index in [1.165, 1.54) is 13.2 Å². The quantitative estimate of drug-likeness (QED) is 0.525. The SMILES string of the molecule is COc1ccc(C(C)NC(=O)c2ccc(SCc3csc(C)n3)cc2)cc1F. The van der Waals surface area contributed by atoms with Gasteiger partial charge in [0.2, 0.25) is 0 Å². The number of carbonyl (C=O) groups excluding carboxylic acids is 1. The molecular formula is C21H21FN2O2S2. The molecule has 0 bridgehead atoms. The molecule has 146 valence electrons. The predicted octanol–water partition coefficient (Wildman–Crippen LogP) is 5.38. The molecule has 0 radical (unpaired) electrons. The number of methoxy groups -OCH3 is 1. The number of hydrogen-bond acceptors (Lipinski definition) is 5. The van der Waals surface area contributed by atoms with Gasteiger partial charge in [-0.1, -0.05) is 6.07 Å². The van der Waals surface area contributed by atoms with Crippen molar-refractivity contribution in [3.8, 4) is 5.75 Å². The summed E-state index contributed by atoms with van der Waals surface area (Å²) in [6.07, 6.45) is 0. The Labute approximate surface area is 172 Å². The highest BCUT2D eigenvalue weighted by Crippen LogP contribution is 2.25. The van der Waals surface area contributed by atoms with Crippen molar-refractivity contribution in [2.75, 3.05) is 7.11 Å². The van der Waals surface area contributed by atoms with Crippen molar-refractivity contribution in [3.63, 3.8) is 0 Å². The van der Waals surface area contributed by atoms with E-state index in [4.69, 9.17) is 4.74 Å². The summed E-state index contributed by atoms with van der Waals surface area (Å²) in [6.45, 7) is 3.81. The van der Waals surface area contributed by atoms with Gasteiger partial charge in [-0.25, -0.2) is 9.37 Å². The lowest BCUT2D eigenvalue weighted by Gasteiger charge is -2.15. The zero-order valence-electron chi connectivity index (χ0n) is 15.9. The van der Waals surface area contributed by atoms with Crippen LogP contribution in [0, 0.1) is 12.7 Å². The van der Waals surface area contributed by atoms with Crippen molar-refractivity contribution < 1.29 is 13.9 Å². The Morgan fingerprint density at radius 2 is 2.04 bits per heavy atom. The molecule has 0 fully saturated rings. The van der Waals surface area contributed by atoms with Crippen LogP contribution in [0.25, 0.3) is 0 Å². The van der Waals surface area contributed by atoms with Crippen LogP contribution in [-0.2, 0) is 5.75 Å². The second kappa shape index (κ2) is 9.21. The fraction of sp³-hybridized carbons (Fsp3) is 0.238. The van der Waals surface area contributed by atoms with Gasteiger partial charge >= 0.3 is 0 Å². The Morgan fingerprint density at radius 3 is 2.64 bits per heavy atom. The number of halogens is 1. The van der Waals surface area contributed by atoms with Crippen LogP contribution >= 0.6 is 23.1 Å². The van der Waals surface area contributed by atoms with Crippen LogP contribution in [0.1, 0.15) is 39.6 Å². The van der Waals surface area contributed by atoms with Gasteiger partial charge in [-0.15, -0.1) is 23.1 Å². The van der Waals surface area contributed by atoms with Crippen molar-refractivity contribution in [1.29, 1.82) is 0 Å². The van der Waals surface area contributed by atoms with Crippen LogP contribution in [0.5, 0.6) is 5.75 Å². The van der Waals surface area contributed by atoms with E-state index in [9.17, 15) is 9.18 Å². The third-order valence-electron chi connectivity index (χ3n) is 4.19. The Morgan fingerprint density at radius 1 is 1.29 bits per heavy atom. The van der Waals surface area contributed by atoms with E-state index in [1.807, 2.05) is 26.0 Å². The van der Waals surface area contributed by atoms with Crippen LogP contribution in [-0.4, -0.2) is 18.0 Å². The molecule has 0 aliphatic carbocycles. The maximum absolute atomic E-state index is 13.9. The number of amides is 1. The smallest absolute Gasteiger partial charge is 0.251 e. The summed E-state index contributed by atoms with van der Waals surface area (Å²) in [7, 11) is 1.42. The number of thiazole rings is 1. The largest absolute Gasteiger partial charge is 0.494 e. The molecule has 2 aromatic carbocycles. The van der Waals surface area contributed by atoms with Gasteiger partial charge in [0.1, 0.15) is 0 Å². The molecule has 4 nitrogen and oxygen atoms in total. The van der Waals surface area contributed by atoms with Crippen molar-refractivity contribution in [1.82, 2.24) is 10.3 Å². The van der Waals surface area contributed by atoms with Crippen molar-refractivity contribution in [2.24, 2.45) is 0 Å². The number of aryl methyl sites for hydroxylation is 1. The summed E-state index contributed by atoms with van der Waals surface area (Å²) in [4.78, 5) is 18.0. The van der Waals surface area contributed by atoms with E-state index in [2.05, 4.69) is 15.7 Å². The molecule has 28 heavy (non-hydrogen) atoms. The highest BCUT2D eigenvalue weighted by Gasteiger charge is 2.14. The number of nitrogens with one attached hydrogen (secondary N) is 1. The summed E-state index contributed by atoms with van der Waals surface area (Å²) in [5.41, 5.74) is 2.31. The minimum atomic E-state index is -0.446. The zero-order valence-corrected chi connectivity index (χ0v) is 17.5. The van der Waals surface area contributed by atoms with Crippen LogP contribution < -0.4 is 10.1 Å². The number of carbonyl (C=O) groups is 1. The van der Waals surface area contributed by atoms with E-state index >= 15 is 0 Å². The fourth-order valence-corrected chi connectivity index (χ4v) is 4.16. The van der Waals surface area contributed by atoms with Crippen LogP contribution in [0.4, 0.5) is 4.39 Å². The highest BCUT2D eigenvalue weighted by molar-refractivity contribution is 7.98. The first-order chi connectivity index (χ1) is 13.5. The molecule has 1 unspecified atom stereocenters. The van der Waals surface area contributed by atoms with Gasteiger partial charge in [-0.3, -0.25) is 4.79 Å². The minimum absolute atomic E-state index is 0.183. The third kappa shape index (κ3) is 5.11. The second-order valence-electron chi connectivity index (χ2n) is 6.26. The Bertz CT molecular complexity index is 957. The topological polar surface area (TPSA) is 51.2 Å². The average Bonchev–Trinajstić information content (AvgIpc) is 3.11. The summed E-state index contributed by atoms with van der Waals surface area (Å²) in [6, 6.07) is 11.8. The summed E-state index contributed by atoms with van der Waals surface area (Å²) in [5.74, 6) is 0.340. The van der Waals surface area contributed by atoms with Gasteiger partial charge in [0.05, 0.1) is 23.9 Å². The fourth-order valence-electron chi connectivity index (χ4n) is 2.65. The number of rotatable bonds is 7. The molecule has 0 saturated heterocycles. The number of hydrogen-bond donors (Lipinski definition) is 1. The van der Waals surface area contributed by atoms with E-state index in [0.717, 1.165) is 21.3 Å². The molecule has 3 aromatic rings. The maximum atomic E-state index is 13.9. The molecule has 1 amide bonds. The molecule has 1 aromatic heterocycles. The number of benzene rings is 2. The zero-order chi connectivity index (χ0) is 20.1. The Hall–Kier alpha value is -2.38. The van der Waals surface area contributed by atoms with Crippen molar-refractivity contribution in [3.05, 3.63) is 75.5 Å². The molecule has 7 heteroatoms. The van der Waals surface area contributed by atoms with Crippen molar-refractivity contribution >= 4 is 29.0 Å². The summed E-state index contributed by atoms with van der Waals surface area (Å²) in [5, 5.41) is 6.02. The van der Waals surface area contributed by atoms with Gasteiger partial charge < -0.3 is 10.1 Å². The molecule has 0 aliphatic rings. The summed E-state index contributed by atoms with van der Waals surface area (Å²) < 4.78 is 18.8. The number of aromatic nitrogens is 1. The van der Waals surface area contributed by atoms with Gasteiger partial charge in [0.15, 0.2) is 11.6 Å². The lowest BCUT2D eigenvalue weighted by atomic mass is 10.1. The van der Waals surface area contributed by atoms with Crippen LogP contribution in [0.15, 0.2) is 52.7 Å². The molecule has 0 aliphatic heterocycles. The van der Waals surface area contributed by atoms with Gasteiger partial charge in [-0.05, 0) is 55.8 Å². The first-order valence-electron chi connectivity index (χ1n) is 8.74. The minimum Gasteiger partial charge on any atom is -0.494 e. The molecule has 0 spiro atoms. The number of nitrogens with zero attached hydrogens (tertiary/aromatic N) is 1. The lowest BCUT2D eigenvalue weighted by molar-refractivity contribution is 0.0939. The molecule has 0 saturated carbocycles. The lowest BCUT2D eigenvalue weighted by Crippen LogP contribution is -2.26.